The van der Waals surface area contributed by atoms with E-state index in [4.69, 9.17) is 4.42 Å². The van der Waals surface area contributed by atoms with Gasteiger partial charge in [-0.25, -0.2) is 0 Å². The third kappa shape index (κ3) is 4.34. The van der Waals surface area contributed by atoms with Gasteiger partial charge in [-0.05, 0) is 96.4 Å². The first kappa shape index (κ1) is 28.9. The summed E-state index contributed by atoms with van der Waals surface area (Å²) in [5.41, 5.74) is 13.9. The van der Waals surface area contributed by atoms with E-state index in [9.17, 15) is 0 Å². The van der Waals surface area contributed by atoms with Crippen LogP contribution in [0.3, 0.4) is 0 Å². The summed E-state index contributed by atoms with van der Waals surface area (Å²) in [5.74, 6) is 0.411. The van der Waals surface area contributed by atoms with Gasteiger partial charge in [0.15, 0.2) is 0 Å². The summed E-state index contributed by atoms with van der Waals surface area (Å²) in [6.07, 6.45) is 5.73. The topological polar surface area (TPSA) is 13.1 Å². The fourth-order valence-electron chi connectivity index (χ4n) is 6.51. The molecule has 2 aliphatic carbocycles. The first-order valence-corrected chi connectivity index (χ1v) is 14.3. The van der Waals surface area contributed by atoms with Crippen LogP contribution >= 0.6 is 0 Å². The minimum Gasteiger partial charge on any atom is -0.456 e. The van der Waals surface area contributed by atoms with E-state index in [0.717, 1.165) is 21.6 Å². The molecule has 0 fully saturated rings. The van der Waals surface area contributed by atoms with Gasteiger partial charge in [0.25, 0.3) is 0 Å². The third-order valence-electron chi connectivity index (χ3n) is 8.69. The maximum absolute atomic E-state index is 5.69. The average molecular weight is 527 g/mol. The van der Waals surface area contributed by atoms with E-state index in [1.54, 1.807) is 6.08 Å². The Kier molecular flexibility index (Phi) is 8.35. The van der Waals surface area contributed by atoms with Gasteiger partial charge >= 0.3 is 0 Å². The van der Waals surface area contributed by atoms with Crippen LogP contribution in [-0.4, -0.2) is 0 Å². The normalized spacial score (nSPS) is 19.7. The molecule has 0 bridgehead atoms. The molecular weight excluding hydrogens is 484 g/mol. The van der Waals surface area contributed by atoms with E-state index in [1.165, 1.54) is 50.1 Å². The SMILES string of the molecule is C=C/C=C(\C)c1ccc2o/c(=C/C)c(=C)c2c1.C=C1c2ccccc2C2(C(C)=C(C)c3ccccc32)C1C.CC. The molecule has 0 saturated carbocycles. The van der Waals surface area contributed by atoms with Crippen molar-refractivity contribution in [2.45, 2.75) is 53.9 Å². The minimum absolute atomic E-state index is 0.00560. The van der Waals surface area contributed by atoms with Crippen LogP contribution in [0.4, 0.5) is 0 Å². The molecule has 1 nitrogen and oxygen atoms in total. The van der Waals surface area contributed by atoms with Gasteiger partial charge in [-0.3, -0.25) is 0 Å². The molecule has 2 aliphatic rings. The Hall–Kier alpha value is -4.10. The van der Waals surface area contributed by atoms with E-state index in [1.807, 2.05) is 39.0 Å². The second-order valence-corrected chi connectivity index (χ2v) is 10.4. The summed E-state index contributed by atoms with van der Waals surface area (Å²) in [4.78, 5) is 0. The zero-order chi connectivity index (χ0) is 29.2. The molecule has 4 aromatic rings. The summed E-state index contributed by atoms with van der Waals surface area (Å²) in [5, 5.41) is 2.03. The maximum atomic E-state index is 5.69. The van der Waals surface area contributed by atoms with Crippen molar-refractivity contribution in [3.05, 3.63) is 136 Å². The molecule has 1 heterocycles. The number of allylic oxidation sites excluding steroid dienone is 6. The molecule has 40 heavy (non-hydrogen) atoms. The Labute approximate surface area is 240 Å². The molecule has 0 N–H and O–H groups in total. The van der Waals surface area contributed by atoms with Crippen LogP contribution in [0.2, 0.25) is 0 Å². The Bertz CT molecular complexity index is 1770. The highest BCUT2D eigenvalue weighted by atomic mass is 16.3. The summed E-state index contributed by atoms with van der Waals surface area (Å²) < 4.78 is 5.69. The molecule has 0 radical (unpaired) electrons. The van der Waals surface area contributed by atoms with Crippen LogP contribution in [0.1, 0.15) is 76.3 Å². The van der Waals surface area contributed by atoms with Gasteiger partial charge in [-0.1, -0.05) is 113 Å². The van der Waals surface area contributed by atoms with Gasteiger partial charge in [0.2, 0.25) is 0 Å². The second-order valence-electron chi connectivity index (χ2n) is 10.4. The molecule has 204 valence electrons. The predicted octanol–water partition coefficient (Wildman–Crippen LogP) is 9.70. The smallest absolute Gasteiger partial charge is 0.135 e. The number of hydrogen-bond donors (Lipinski definition) is 0. The zero-order valence-electron chi connectivity index (χ0n) is 25.2. The van der Waals surface area contributed by atoms with E-state index < -0.39 is 0 Å². The largest absolute Gasteiger partial charge is 0.456 e. The molecule has 1 spiro atoms. The second kappa shape index (κ2) is 11.6. The minimum atomic E-state index is -0.00560. The molecular formula is C39H42O. The summed E-state index contributed by atoms with van der Waals surface area (Å²) in [6, 6.07) is 23.9. The Morgan fingerprint density at radius 2 is 1.50 bits per heavy atom. The molecule has 1 heteroatoms. The van der Waals surface area contributed by atoms with Crippen molar-refractivity contribution in [2.75, 3.05) is 0 Å². The molecule has 2 atom stereocenters. The molecule has 1 aromatic heterocycles. The van der Waals surface area contributed by atoms with Gasteiger partial charge in [-0.15, -0.1) is 0 Å². The van der Waals surface area contributed by atoms with Crippen molar-refractivity contribution < 1.29 is 4.42 Å². The van der Waals surface area contributed by atoms with E-state index in [-0.39, 0.29) is 5.41 Å². The van der Waals surface area contributed by atoms with Gasteiger partial charge in [0, 0.05) is 16.0 Å². The number of benzene rings is 3. The molecule has 3 aromatic carbocycles. The number of fused-ring (bicyclic) bond motifs is 5. The lowest BCUT2D eigenvalue weighted by atomic mass is 9.67. The molecule has 0 saturated heterocycles. The van der Waals surface area contributed by atoms with E-state index in [0.29, 0.717) is 5.92 Å². The van der Waals surface area contributed by atoms with Crippen LogP contribution in [0.25, 0.3) is 40.3 Å². The summed E-state index contributed by atoms with van der Waals surface area (Å²) in [7, 11) is 0. The highest BCUT2D eigenvalue weighted by Gasteiger charge is 2.52. The van der Waals surface area contributed by atoms with E-state index in [2.05, 4.69) is 108 Å². The van der Waals surface area contributed by atoms with Crippen molar-refractivity contribution in [2.24, 2.45) is 5.92 Å². The lowest BCUT2D eigenvalue weighted by molar-refractivity contribution is 0.517. The Morgan fingerprint density at radius 3 is 2.12 bits per heavy atom. The van der Waals surface area contributed by atoms with Crippen LogP contribution in [-0.2, 0) is 5.41 Å². The fourth-order valence-corrected chi connectivity index (χ4v) is 6.51. The maximum Gasteiger partial charge on any atom is 0.135 e. The number of furan rings is 1. The summed E-state index contributed by atoms with van der Waals surface area (Å²) in [6.45, 7) is 27.1. The van der Waals surface area contributed by atoms with Crippen LogP contribution in [0.5, 0.6) is 0 Å². The lowest BCUT2D eigenvalue weighted by Crippen LogP contribution is -2.30. The standard InChI is InChI=1S/C21H20.C16H16O.C2H6/c1-13-15(3)21(19-11-7-5-9-17(13)19)16(4)14(2)18-10-6-8-12-20(18)21;1-5-7-11(3)13-8-9-16-14(10-13)12(4)15(6-2)17-16;1-2/h5-12,15H,1H2,2-4H3;5-10H,1,4H2,2-3H3;1-2H3/b;11-7+,15-6+;. The van der Waals surface area contributed by atoms with Gasteiger partial charge < -0.3 is 4.42 Å². The van der Waals surface area contributed by atoms with Crippen LogP contribution < -0.4 is 10.6 Å². The molecule has 0 aliphatic heterocycles. The van der Waals surface area contributed by atoms with Crippen molar-refractivity contribution in [1.82, 2.24) is 0 Å². The highest BCUT2D eigenvalue weighted by molar-refractivity contribution is 5.89. The fraction of sp³-hybridized carbons (Fsp3) is 0.231. The molecule has 2 unspecified atom stereocenters. The number of rotatable bonds is 2. The van der Waals surface area contributed by atoms with Crippen molar-refractivity contribution in [1.29, 1.82) is 0 Å². The molecule has 0 amide bonds. The summed E-state index contributed by atoms with van der Waals surface area (Å²) >= 11 is 0. The van der Waals surface area contributed by atoms with E-state index >= 15 is 0 Å². The Morgan fingerprint density at radius 1 is 0.900 bits per heavy atom. The zero-order valence-corrected chi connectivity index (χ0v) is 25.2. The predicted molar refractivity (Wildman–Crippen MR) is 176 cm³/mol. The van der Waals surface area contributed by atoms with Crippen molar-refractivity contribution in [3.63, 3.8) is 0 Å². The van der Waals surface area contributed by atoms with Crippen molar-refractivity contribution >= 4 is 40.3 Å². The van der Waals surface area contributed by atoms with Crippen molar-refractivity contribution in [3.8, 4) is 0 Å². The highest BCUT2D eigenvalue weighted by Crippen LogP contribution is 2.61. The third-order valence-corrected chi connectivity index (χ3v) is 8.69. The number of hydrogen-bond acceptors (Lipinski definition) is 1. The van der Waals surface area contributed by atoms with Crippen LogP contribution in [0.15, 0.2) is 102 Å². The monoisotopic (exact) mass is 526 g/mol. The lowest BCUT2D eigenvalue weighted by Gasteiger charge is -2.34. The first-order chi connectivity index (χ1) is 19.3. The van der Waals surface area contributed by atoms with Gasteiger partial charge in [0.05, 0.1) is 0 Å². The van der Waals surface area contributed by atoms with Gasteiger partial charge in [-0.2, -0.15) is 0 Å². The molecule has 6 rings (SSSR count). The quantitative estimate of drug-likeness (QED) is 0.237. The first-order valence-electron chi connectivity index (χ1n) is 14.3. The average Bonchev–Trinajstić information content (AvgIpc) is 3.53. The Balaban J connectivity index is 0.000000178. The van der Waals surface area contributed by atoms with Gasteiger partial charge in [0.1, 0.15) is 11.0 Å². The van der Waals surface area contributed by atoms with Crippen LogP contribution in [0, 0.1) is 5.92 Å².